The van der Waals surface area contributed by atoms with Crippen molar-refractivity contribution in [3.05, 3.63) is 18.2 Å². The molecule has 6 fully saturated rings. The number of hydrogen-bond donors (Lipinski definition) is 0. The van der Waals surface area contributed by atoms with Gasteiger partial charge < -0.3 is 28.9 Å². The lowest BCUT2D eigenvalue weighted by Crippen LogP contribution is -2.50. The second kappa shape index (κ2) is 21.9. The molecule has 0 saturated heterocycles. The van der Waals surface area contributed by atoms with Crippen LogP contribution < -0.4 is 14.2 Å². The summed E-state index contributed by atoms with van der Waals surface area (Å²) in [4.78, 5) is 49.4. The monoisotopic (exact) mass is 790 g/mol. The molecule has 0 radical (unpaired) electrons. The van der Waals surface area contributed by atoms with Gasteiger partial charge >= 0.3 is 0 Å². The molecule has 6 saturated carbocycles. The Hall–Kier alpha value is -2.97. The maximum atomic E-state index is 14.3. The molecule has 9 heteroatoms. The highest BCUT2D eigenvalue weighted by Gasteiger charge is 2.36. The van der Waals surface area contributed by atoms with Crippen molar-refractivity contribution in [3.63, 3.8) is 0 Å². The van der Waals surface area contributed by atoms with E-state index in [2.05, 4.69) is 14.7 Å². The van der Waals surface area contributed by atoms with E-state index in [0.29, 0.717) is 17.2 Å². The molecule has 1 aromatic carbocycles. The van der Waals surface area contributed by atoms with Crippen molar-refractivity contribution in [1.82, 2.24) is 14.7 Å². The molecule has 9 nitrogen and oxygen atoms in total. The van der Waals surface area contributed by atoms with E-state index in [4.69, 9.17) is 14.2 Å². The molecular formula is C48H75N3O6. The van der Waals surface area contributed by atoms with Crippen molar-refractivity contribution in [3.8, 4) is 17.2 Å². The van der Waals surface area contributed by atoms with E-state index in [0.717, 1.165) is 103 Å². The Labute approximate surface area is 344 Å². The summed E-state index contributed by atoms with van der Waals surface area (Å²) in [6.45, 7) is -0.307. The SMILES string of the molecule is O=C(COc1cccc(OCC(=O)N(C2CCCCC2)C2CCCCC2)c1OCC(=O)N(C1CCCCC1)C1CCCCC1)N(C1CCCCC1)C1CCCCC1. The molecule has 1 aromatic rings. The third-order valence-corrected chi connectivity index (χ3v) is 14.7. The Bertz CT molecular complexity index is 1270. The van der Waals surface area contributed by atoms with Gasteiger partial charge in [0.15, 0.2) is 31.3 Å². The van der Waals surface area contributed by atoms with Crippen molar-refractivity contribution < 1.29 is 28.6 Å². The number of para-hydroxylation sites is 1. The quantitative estimate of drug-likeness (QED) is 0.176. The van der Waals surface area contributed by atoms with Gasteiger partial charge in [-0.15, -0.1) is 0 Å². The summed E-state index contributed by atoms with van der Waals surface area (Å²) in [6, 6.07) is 7.10. The van der Waals surface area contributed by atoms with Crippen LogP contribution in [0.3, 0.4) is 0 Å². The largest absolute Gasteiger partial charge is 0.480 e. The Morgan fingerprint density at radius 2 is 0.596 bits per heavy atom. The molecule has 0 unspecified atom stereocenters. The third-order valence-electron chi connectivity index (χ3n) is 14.7. The standard InChI is InChI=1S/C48H75N3O6/c52-45(49(37-20-7-1-8-21-37)38-22-9-2-10-23-38)34-55-43-32-19-33-44(56-35-46(53)50(39-24-11-3-12-25-39)40-26-13-4-14-27-40)48(43)57-36-47(54)51(41-28-15-5-16-29-41)42-30-17-6-18-31-42/h19,32-33,37-42H,1-18,20-31,34-36H2. The van der Waals surface area contributed by atoms with Gasteiger partial charge in [0.05, 0.1) is 0 Å². The summed E-state index contributed by atoms with van der Waals surface area (Å²) in [6.07, 6.45) is 34.2. The number of ether oxygens (including phenoxy) is 3. The Kier molecular flexibility index (Phi) is 16.2. The minimum atomic E-state index is -0.127. The molecule has 0 aromatic heterocycles. The van der Waals surface area contributed by atoms with Crippen molar-refractivity contribution in [1.29, 1.82) is 0 Å². The van der Waals surface area contributed by atoms with E-state index in [-0.39, 0.29) is 73.8 Å². The van der Waals surface area contributed by atoms with Crippen LogP contribution >= 0.6 is 0 Å². The number of rotatable bonds is 15. The van der Waals surface area contributed by atoms with Gasteiger partial charge in [-0.1, -0.05) is 122 Å². The predicted octanol–water partition coefficient (Wildman–Crippen LogP) is 10.3. The average Bonchev–Trinajstić information content (AvgIpc) is 3.27. The lowest BCUT2D eigenvalue weighted by atomic mass is 9.88. The zero-order chi connectivity index (χ0) is 39.2. The van der Waals surface area contributed by atoms with Gasteiger partial charge in [0.2, 0.25) is 5.75 Å². The lowest BCUT2D eigenvalue weighted by molar-refractivity contribution is -0.141. The lowest BCUT2D eigenvalue weighted by Gasteiger charge is -2.42. The zero-order valence-corrected chi connectivity index (χ0v) is 35.3. The van der Waals surface area contributed by atoms with Crippen LogP contribution in [-0.2, 0) is 14.4 Å². The van der Waals surface area contributed by atoms with Gasteiger partial charge in [0.25, 0.3) is 17.7 Å². The first-order valence-corrected chi connectivity index (χ1v) is 24.0. The van der Waals surface area contributed by atoms with Crippen molar-refractivity contribution >= 4 is 17.7 Å². The fourth-order valence-electron chi connectivity index (χ4n) is 11.8. The van der Waals surface area contributed by atoms with Gasteiger partial charge in [-0.05, 0) is 89.2 Å². The molecule has 57 heavy (non-hydrogen) atoms. The number of hydrogen-bond acceptors (Lipinski definition) is 6. The van der Waals surface area contributed by atoms with Crippen LogP contribution in [0.5, 0.6) is 17.2 Å². The summed E-state index contributed by atoms with van der Waals surface area (Å²) in [7, 11) is 0. The molecule has 0 heterocycles. The van der Waals surface area contributed by atoms with E-state index in [1.54, 1.807) is 0 Å². The summed E-state index contributed by atoms with van der Waals surface area (Å²) in [5, 5.41) is 0. The highest BCUT2D eigenvalue weighted by molar-refractivity contribution is 5.80. The first-order chi connectivity index (χ1) is 28.1. The van der Waals surface area contributed by atoms with E-state index in [1.807, 2.05) is 18.2 Å². The van der Waals surface area contributed by atoms with E-state index < -0.39 is 0 Å². The topological polar surface area (TPSA) is 88.6 Å². The van der Waals surface area contributed by atoms with Gasteiger partial charge in [-0.2, -0.15) is 0 Å². The first-order valence-electron chi connectivity index (χ1n) is 24.0. The van der Waals surface area contributed by atoms with Crippen molar-refractivity contribution in [2.45, 2.75) is 229 Å². The maximum absolute atomic E-state index is 14.3. The van der Waals surface area contributed by atoms with Crippen molar-refractivity contribution in [2.75, 3.05) is 19.8 Å². The summed E-state index contributed by atoms with van der Waals surface area (Å²) in [5.41, 5.74) is 0. The van der Waals surface area contributed by atoms with Crippen LogP contribution in [0.1, 0.15) is 193 Å². The minimum absolute atomic E-state index is 0.0169. The maximum Gasteiger partial charge on any atom is 0.261 e. The summed E-state index contributed by atoms with van der Waals surface area (Å²) >= 11 is 0. The second-order valence-electron chi connectivity index (χ2n) is 18.6. The molecule has 0 aliphatic heterocycles. The molecule has 0 atom stereocenters. The molecule has 7 rings (SSSR count). The van der Waals surface area contributed by atoms with Gasteiger partial charge in [-0.25, -0.2) is 0 Å². The second-order valence-corrected chi connectivity index (χ2v) is 18.6. The molecular weight excluding hydrogens is 715 g/mol. The van der Waals surface area contributed by atoms with E-state index in [9.17, 15) is 14.4 Å². The van der Waals surface area contributed by atoms with Crippen LogP contribution in [0.4, 0.5) is 0 Å². The summed E-state index contributed by atoms with van der Waals surface area (Å²) in [5.74, 6) is 1.20. The number of carbonyl (C=O) groups is 3. The fraction of sp³-hybridized carbons (Fsp3) is 0.812. The van der Waals surface area contributed by atoms with Crippen molar-refractivity contribution in [2.24, 2.45) is 0 Å². The molecule has 6 aliphatic carbocycles. The van der Waals surface area contributed by atoms with Crippen LogP contribution in [0.15, 0.2) is 18.2 Å². The molecule has 0 spiro atoms. The Morgan fingerprint density at radius 1 is 0.368 bits per heavy atom. The molecule has 6 aliphatic rings. The van der Waals surface area contributed by atoms with Crippen LogP contribution in [0.25, 0.3) is 0 Å². The number of carbonyl (C=O) groups excluding carboxylic acids is 3. The zero-order valence-electron chi connectivity index (χ0n) is 35.3. The van der Waals surface area contributed by atoms with Crippen LogP contribution in [0.2, 0.25) is 0 Å². The Balaban J connectivity index is 1.10. The van der Waals surface area contributed by atoms with Gasteiger partial charge in [-0.3, -0.25) is 14.4 Å². The fourth-order valence-corrected chi connectivity index (χ4v) is 11.8. The third kappa shape index (κ3) is 11.4. The molecule has 0 bridgehead atoms. The Morgan fingerprint density at radius 3 is 0.842 bits per heavy atom. The predicted molar refractivity (Wildman–Crippen MR) is 225 cm³/mol. The first kappa shape index (κ1) is 42.2. The van der Waals surface area contributed by atoms with Crippen LogP contribution in [0, 0.1) is 0 Å². The molecule has 0 N–H and O–H groups in total. The smallest absolute Gasteiger partial charge is 0.261 e. The number of amides is 3. The summed E-state index contributed by atoms with van der Waals surface area (Å²) < 4.78 is 19.5. The molecule has 318 valence electrons. The minimum Gasteiger partial charge on any atom is -0.480 e. The highest BCUT2D eigenvalue weighted by atomic mass is 16.5. The molecule has 3 amide bonds. The van der Waals surface area contributed by atoms with Crippen LogP contribution in [-0.4, -0.2) is 88.5 Å². The van der Waals surface area contributed by atoms with Gasteiger partial charge in [0.1, 0.15) is 0 Å². The number of benzene rings is 1. The normalized spacial score (nSPS) is 22.7. The number of nitrogens with zero attached hydrogens (tertiary/aromatic N) is 3. The van der Waals surface area contributed by atoms with E-state index >= 15 is 0 Å². The highest BCUT2D eigenvalue weighted by Crippen LogP contribution is 2.39. The average molecular weight is 790 g/mol. The van der Waals surface area contributed by atoms with Gasteiger partial charge in [0, 0.05) is 36.3 Å². The van der Waals surface area contributed by atoms with E-state index in [1.165, 1.54) is 89.9 Å².